The maximum absolute atomic E-state index is 13.0. The molecule has 3 aromatic heterocycles. The minimum absolute atomic E-state index is 0.0790. The minimum Gasteiger partial charge on any atom is -0.458 e. The third-order valence-electron chi connectivity index (χ3n) is 7.46. The Balaban J connectivity index is 1.19. The molecule has 2 aliphatic heterocycles. The van der Waals surface area contributed by atoms with Gasteiger partial charge in [0.15, 0.2) is 0 Å². The second kappa shape index (κ2) is 9.62. The van der Waals surface area contributed by atoms with Crippen LogP contribution in [0.15, 0.2) is 24.5 Å². The predicted molar refractivity (Wildman–Crippen MR) is 131 cm³/mol. The van der Waals surface area contributed by atoms with Crippen molar-refractivity contribution in [1.82, 2.24) is 30.2 Å². The molecule has 11 nitrogen and oxygen atoms in total. The second-order valence-electron chi connectivity index (χ2n) is 9.89. The molecule has 0 radical (unpaired) electrons. The standard InChI is InChI=1S/C25H31N7O4/c1-14(11-34-2)36-25-30-22(23(33)28-20-18-12-35-13-19(18)20)29-24(31-25)32-8-5-15(6-9-32)17-10-27-21-16(17)4-3-7-26-21/h3-4,7,10,14-15,18-20H,5-6,8-9,11-13H2,1-2H3,(H,26,27)(H,28,33)/t14-,18-,19+,20+/m1/s1. The zero-order chi connectivity index (χ0) is 24.6. The average molecular weight is 494 g/mol. The van der Waals surface area contributed by atoms with E-state index >= 15 is 0 Å². The molecule has 3 aromatic rings. The average Bonchev–Trinajstić information content (AvgIpc) is 3.23. The summed E-state index contributed by atoms with van der Waals surface area (Å²) in [6.07, 6.45) is 5.50. The number of methoxy groups -OCH3 is 1. The Bertz CT molecular complexity index is 1230. The number of aromatic amines is 1. The number of nitrogens with one attached hydrogen (secondary N) is 2. The van der Waals surface area contributed by atoms with Gasteiger partial charge in [-0.3, -0.25) is 4.79 Å². The number of hydrogen-bond acceptors (Lipinski definition) is 9. The number of aromatic nitrogens is 5. The highest BCUT2D eigenvalue weighted by atomic mass is 16.5. The summed E-state index contributed by atoms with van der Waals surface area (Å²) in [5.74, 6) is 1.45. The van der Waals surface area contributed by atoms with Crippen LogP contribution >= 0.6 is 0 Å². The Labute approximate surface area is 209 Å². The number of amides is 1. The van der Waals surface area contributed by atoms with Crippen LogP contribution in [0.1, 0.15) is 41.9 Å². The van der Waals surface area contributed by atoms with Crippen molar-refractivity contribution in [3.05, 3.63) is 35.9 Å². The topological polar surface area (TPSA) is 127 Å². The van der Waals surface area contributed by atoms with Gasteiger partial charge in [-0.2, -0.15) is 15.0 Å². The van der Waals surface area contributed by atoms with Gasteiger partial charge in [0.1, 0.15) is 11.8 Å². The van der Waals surface area contributed by atoms with Crippen molar-refractivity contribution in [3.8, 4) is 6.01 Å². The third kappa shape index (κ3) is 4.48. The van der Waals surface area contributed by atoms with Crippen LogP contribution in [0.2, 0.25) is 0 Å². The van der Waals surface area contributed by atoms with Crippen molar-refractivity contribution >= 4 is 22.9 Å². The number of pyridine rings is 1. The predicted octanol–water partition coefficient (Wildman–Crippen LogP) is 1.92. The van der Waals surface area contributed by atoms with E-state index in [0.29, 0.717) is 43.5 Å². The van der Waals surface area contributed by atoms with E-state index in [9.17, 15) is 4.79 Å². The van der Waals surface area contributed by atoms with Crippen LogP contribution in [-0.2, 0) is 9.47 Å². The fourth-order valence-electron chi connectivity index (χ4n) is 5.47. The van der Waals surface area contributed by atoms with Gasteiger partial charge in [-0.15, -0.1) is 0 Å². The lowest BCUT2D eigenvalue weighted by Gasteiger charge is -2.32. The summed E-state index contributed by atoms with van der Waals surface area (Å²) in [7, 11) is 1.61. The van der Waals surface area contributed by atoms with Gasteiger partial charge in [0, 0.05) is 55.9 Å². The second-order valence-corrected chi connectivity index (χ2v) is 9.89. The molecule has 0 bridgehead atoms. The molecule has 3 aliphatic rings. The maximum atomic E-state index is 13.0. The molecule has 2 N–H and O–H groups in total. The van der Waals surface area contributed by atoms with Gasteiger partial charge in [0.25, 0.3) is 5.91 Å². The molecule has 5 heterocycles. The third-order valence-corrected chi connectivity index (χ3v) is 7.46. The SMILES string of the molecule is COC[C@@H](C)Oc1nc(C(=O)N[C@H]2[C@@H]3COC[C@@H]32)nc(N2CCC(c3c[nH]c4ncccc34)CC2)n1. The normalized spacial score (nSPS) is 24.5. The molecule has 0 aromatic carbocycles. The van der Waals surface area contributed by atoms with Crippen molar-refractivity contribution in [2.24, 2.45) is 11.8 Å². The zero-order valence-corrected chi connectivity index (χ0v) is 20.5. The van der Waals surface area contributed by atoms with Crippen molar-refractivity contribution in [2.75, 3.05) is 44.9 Å². The van der Waals surface area contributed by atoms with Crippen molar-refractivity contribution < 1.29 is 19.0 Å². The van der Waals surface area contributed by atoms with Gasteiger partial charge in [0.2, 0.25) is 11.8 Å². The van der Waals surface area contributed by atoms with Gasteiger partial charge < -0.3 is 29.4 Å². The first-order valence-electron chi connectivity index (χ1n) is 12.6. The van der Waals surface area contributed by atoms with Gasteiger partial charge in [-0.05, 0) is 43.4 Å². The molecule has 36 heavy (non-hydrogen) atoms. The lowest BCUT2D eigenvalue weighted by Crippen LogP contribution is -2.36. The van der Waals surface area contributed by atoms with Crippen molar-refractivity contribution in [3.63, 3.8) is 0 Å². The zero-order valence-electron chi connectivity index (χ0n) is 20.5. The van der Waals surface area contributed by atoms with Crippen LogP contribution in [0, 0.1) is 11.8 Å². The first kappa shape index (κ1) is 23.1. The Kier molecular flexibility index (Phi) is 6.18. The number of rotatable bonds is 8. The number of hydrogen-bond donors (Lipinski definition) is 2. The Morgan fingerprint density at radius 1 is 1.25 bits per heavy atom. The monoisotopic (exact) mass is 493 g/mol. The van der Waals surface area contributed by atoms with E-state index in [-0.39, 0.29) is 29.9 Å². The summed E-state index contributed by atoms with van der Waals surface area (Å²) in [6, 6.07) is 4.35. The van der Waals surface area contributed by atoms with Crippen molar-refractivity contribution in [1.29, 1.82) is 0 Å². The summed E-state index contributed by atoms with van der Waals surface area (Å²) in [6.45, 7) is 5.18. The number of carbonyl (C=O) groups excluding carboxylic acids is 1. The van der Waals surface area contributed by atoms with Crippen LogP contribution in [-0.4, -0.2) is 83.0 Å². The molecule has 0 spiro atoms. The molecule has 11 heteroatoms. The van der Waals surface area contributed by atoms with E-state index in [1.165, 1.54) is 10.9 Å². The number of carbonyl (C=O) groups is 1. The van der Waals surface area contributed by atoms with E-state index in [2.05, 4.69) is 47.4 Å². The molecule has 1 aliphatic carbocycles. The molecule has 190 valence electrons. The van der Waals surface area contributed by atoms with E-state index in [0.717, 1.165) is 31.6 Å². The van der Waals surface area contributed by atoms with Gasteiger partial charge >= 0.3 is 6.01 Å². The molecule has 1 amide bonds. The van der Waals surface area contributed by atoms with E-state index in [1.54, 1.807) is 13.3 Å². The largest absolute Gasteiger partial charge is 0.458 e. The summed E-state index contributed by atoms with van der Waals surface area (Å²) in [4.78, 5) is 36.3. The quantitative estimate of drug-likeness (QED) is 0.484. The molecule has 2 saturated heterocycles. The Morgan fingerprint density at radius 3 is 2.83 bits per heavy atom. The number of fused-ring (bicyclic) bond motifs is 2. The lowest BCUT2D eigenvalue weighted by atomic mass is 9.89. The van der Waals surface area contributed by atoms with Gasteiger partial charge in [0.05, 0.1) is 19.8 Å². The fraction of sp³-hybridized carbons (Fsp3) is 0.560. The summed E-state index contributed by atoms with van der Waals surface area (Å²) < 4.78 is 16.5. The highest BCUT2D eigenvalue weighted by molar-refractivity contribution is 5.91. The van der Waals surface area contributed by atoms with Gasteiger partial charge in [-0.25, -0.2) is 4.98 Å². The molecule has 4 atom stereocenters. The van der Waals surface area contributed by atoms with E-state index < -0.39 is 0 Å². The van der Waals surface area contributed by atoms with Crippen LogP contribution < -0.4 is 15.0 Å². The molecule has 6 rings (SSSR count). The number of piperidine rings is 1. The first-order chi connectivity index (χ1) is 17.6. The molecular formula is C25H31N7O4. The van der Waals surface area contributed by atoms with Crippen molar-refractivity contribution in [2.45, 2.75) is 37.8 Å². The highest BCUT2D eigenvalue weighted by Gasteiger charge is 2.55. The minimum atomic E-state index is -0.302. The maximum Gasteiger partial charge on any atom is 0.322 e. The number of ether oxygens (including phenoxy) is 3. The molecular weight excluding hydrogens is 462 g/mol. The smallest absolute Gasteiger partial charge is 0.322 e. The van der Waals surface area contributed by atoms with E-state index in [1.807, 2.05) is 13.0 Å². The summed E-state index contributed by atoms with van der Waals surface area (Å²) >= 11 is 0. The Morgan fingerprint density at radius 2 is 2.06 bits per heavy atom. The number of nitrogens with zero attached hydrogens (tertiary/aromatic N) is 5. The van der Waals surface area contributed by atoms with Crippen LogP contribution in [0.25, 0.3) is 11.0 Å². The summed E-state index contributed by atoms with van der Waals surface area (Å²) in [5.41, 5.74) is 2.21. The van der Waals surface area contributed by atoms with Crippen LogP contribution in [0.4, 0.5) is 5.95 Å². The van der Waals surface area contributed by atoms with E-state index in [4.69, 9.17) is 14.2 Å². The first-order valence-corrected chi connectivity index (χ1v) is 12.6. The van der Waals surface area contributed by atoms with Crippen LogP contribution in [0.5, 0.6) is 6.01 Å². The lowest BCUT2D eigenvalue weighted by molar-refractivity contribution is 0.0835. The molecule has 3 fully saturated rings. The molecule has 1 saturated carbocycles. The van der Waals surface area contributed by atoms with Gasteiger partial charge in [-0.1, -0.05) is 0 Å². The van der Waals surface area contributed by atoms with Crippen LogP contribution in [0.3, 0.4) is 0 Å². The number of anilines is 1. The Hall–Kier alpha value is -3.31. The summed E-state index contributed by atoms with van der Waals surface area (Å²) in [5, 5.41) is 4.24. The fourth-order valence-corrected chi connectivity index (χ4v) is 5.47. The molecule has 0 unspecified atom stereocenters. The highest BCUT2D eigenvalue weighted by Crippen LogP contribution is 2.44. The number of H-pyrrole nitrogens is 1.